The molecule has 0 spiro atoms. The van der Waals surface area contributed by atoms with Gasteiger partial charge in [-0.25, -0.2) is 13.1 Å². The van der Waals surface area contributed by atoms with Crippen LogP contribution in [0.15, 0.2) is 27.6 Å². The normalized spacial score (nSPS) is 11.9. The average Bonchev–Trinajstić information content (AvgIpc) is 2.77. The first-order valence-electron chi connectivity index (χ1n) is 6.36. The fourth-order valence-corrected chi connectivity index (χ4v) is 3.16. The molecule has 0 unspecified atom stereocenters. The third kappa shape index (κ3) is 4.18. The molecule has 0 aliphatic carbocycles. The highest BCUT2D eigenvalue weighted by atomic mass is 35.5. The Kier molecular flexibility index (Phi) is 5.23. The molecule has 10 heteroatoms. The Hall–Kier alpha value is -1.71. The van der Waals surface area contributed by atoms with E-state index in [0.717, 1.165) is 18.2 Å². The number of aryl methyl sites for hydroxylation is 2. The molecule has 0 aliphatic heterocycles. The lowest BCUT2D eigenvalue weighted by molar-refractivity contribution is -0.0498. The second kappa shape index (κ2) is 6.81. The quantitative estimate of drug-likeness (QED) is 0.849. The van der Waals surface area contributed by atoms with Crippen molar-refractivity contribution in [3.8, 4) is 5.75 Å². The predicted molar refractivity (Wildman–Crippen MR) is 78.1 cm³/mol. The fourth-order valence-electron chi connectivity index (χ4n) is 1.85. The van der Waals surface area contributed by atoms with Crippen LogP contribution in [0, 0.1) is 13.8 Å². The first kappa shape index (κ1) is 17.6. The van der Waals surface area contributed by atoms with Gasteiger partial charge in [0.2, 0.25) is 10.0 Å². The van der Waals surface area contributed by atoms with Crippen molar-refractivity contribution < 1.29 is 26.5 Å². The van der Waals surface area contributed by atoms with Gasteiger partial charge in [-0.05, 0) is 32.0 Å². The molecule has 126 valence electrons. The first-order chi connectivity index (χ1) is 10.7. The molecule has 0 saturated heterocycles. The third-order valence-electron chi connectivity index (χ3n) is 3.05. The Morgan fingerprint density at radius 1 is 1.39 bits per heavy atom. The molecule has 0 atom stereocenters. The molecule has 0 amide bonds. The van der Waals surface area contributed by atoms with Gasteiger partial charge in [0.05, 0.1) is 15.6 Å². The summed E-state index contributed by atoms with van der Waals surface area (Å²) in [7, 11) is -3.88. The van der Waals surface area contributed by atoms with Gasteiger partial charge < -0.3 is 9.26 Å². The molecule has 0 radical (unpaired) electrons. The van der Waals surface area contributed by atoms with Crippen LogP contribution in [0.25, 0.3) is 0 Å². The van der Waals surface area contributed by atoms with E-state index in [-0.39, 0.29) is 22.2 Å². The monoisotopic (exact) mass is 366 g/mol. The second-order valence-corrected chi connectivity index (χ2v) is 6.77. The van der Waals surface area contributed by atoms with Crippen LogP contribution in [0.2, 0.25) is 5.02 Å². The number of hydrogen-bond donors (Lipinski definition) is 1. The van der Waals surface area contributed by atoms with Gasteiger partial charge in [0.15, 0.2) is 0 Å². The van der Waals surface area contributed by atoms with Gasteiger partial charge in [0.25, 0.3) is 0 Å². The van der Waals surface area contributed by atoms with Crippen LogP contribution < -0.4 is 9.46 Å². The Morgan fingerprint density at radius 3 is 2.61 bits per heavy atom. The maximum atomic E-state index is 12.2. The number of nitrogens with one attached hydrogen (secondary N) is 1. The number of hydrogen-bond acceptors (Lipinski definition) is 5. The summed E-state index contributed by atoms with van der Waals surface area (Å²) in [5, 5.41) is 3.49. The SMILES string of the molecule is Cc1noc(C)c1CNS(=O)(=O)c1ccc(OC(F)F)c(Cl)c1. The van der Waals surface area contributed by atoms with Crippen molar-refractivity contribution in [2.45, 2.75) is 31.9 Å². The Labute approximate surface area is 136 Å². The summed E-state index contributed by atoms with van der Waals surface area (Å²) in [5.74, 6) is 0.204. The highest BCUT2D eigenvalue weighted by molar-refractivity contribution is 7.89. The summed E-state index contributed by atoms with van der Waals surface area (Å²) in [5.41, 5.74) is 1.20. The molecule has 0 aliphatic rings. The van der Waals surface area contributed by atoms with E-state index in [1.54, 1.807) is 13.8 Å². The van der Waals surface area contributed by atoms with Crippen LogP contribution in [-0.4, -0.2) is 20.2 Å². The van der Waals surface area contributed by atoms with E-state index in [1.165, 1.54) is 0 Å². The molecule has 6 nitrogen and oxygen atoms in total. The van der Waals surface area contributed by atoms with E-state index >= 15 is 0 Å². The van der Waals surface area contributed by atoms with Gasteiger partial charge >= 0.3 is 6.61 Å². The van der Waals surface area contributed by atoms with Crippen LogP contribution in [0.1, 0.15) is 17.0 Å². The Balaban J connectivity index is 2.18. The van der Waals surface area contributed by atoms with Crippen LogP contribution in [-0.2, 0) is 16.6 Å². The molecule has 0 saturated carbocycles. The van der Waals surface area contributed by atoms with Crippen LogP contribution in [0.5, 0.6) is 5.75 Å². The van der Waals surface area contributed by atoms with Crippen molar-refractivity contribution in [2.24, 2.45) is 0 Å². The Bertz CT molecular complexity index is 789. The molecule has 1 N–H and O–H groups in total. The molecule has 0 fully saturated rings. The molecule has 2 aromatic rings. The molecular formula is C13H13ClF2N2O4S. The van der Waals surface area contributed by atoms with Crippen LogP contribution in [0.4, 0.5) is 8.78 Å². The Morgan fingerprint density at radius 2 is 2.09 bits per heavy atom. The van der Waals surface area contributed by atoms with E-state index in [1.807, 2.05) is 0 Å². The zero-order chi connectivity index (χ0) is 17.2. The van der Waals surface area contributed by atoms with E-state index < -0.39 is 16.6 Å². The maximum Gasteiger partial charge on any atom is 0.387 e. The molecule has 2 rings (SSSR count). The number of nitrogens with zero attached hydrogens (tertiary/aromatic N) is 1. The van der Waals surface area contributed by atoms with Crippen molar-refractivity contribution in [1.29, 1.82) is 0 Å². The number of sulfonamides is 1. The van der Waals surface area contributed by atoms with Gasteiger partial charge in [0, 0.05) is 12.1 Å². The number of benzene rings is 1. The van der Waals surface area contributed by atoms with Crippen molar-refractivity contribution >= 4 is 21.6 Å². The summed E-state index contributed by atoms with van der Waals surface area (Å²) in [6.45, 7) is 0.286. The standard InChI is InChI=1S/C13H13ClF2N2O4S/c1-7-10(8(2)22-18-7)6-17-23(19,20)9-3-4-12(11(14)5-9)21-13(15)16/h3-5,13,17H,6H2,1-2H3. The van der Waals surface area contributed by atoms with Crippen molar-refractivity contribution in [3.63, 3.8) is 0 Å². The highest BCUT2D eigenvalue weighted by Gasteiger charge is 2.19. The summed E-state index contributed by atoms with van der Waals surface area (Å²) >= 11 is 5.75. The maximum absolute atomic E-state index is 12.2. The number of alkyl halides is 2. The predicted octanol–water partition coefficient (Wildman–Crippen LogP) is 3.02. The highest BCUT2D eigenvalue weighted by Crippen LogP contribution is 2.28. The number of halogens is 3. The van der Waals surface area contributed by atoms with Gasteiger partial charge in [-0.1, -0.05) is 16.8 Å². The van der Waals surface area contributed by atoms with Crippen LogP contribution in [0.3, 0.4) is 0 Å². The van der Waals surface area contributed by atoms with Crippen molar-refractivity contribution in [1.82, 2.24) is 9.88 Å². The minimum atomic E-state index is -3.88. The lowest BCUT2D eigenvalue weighted by atomic mass is 10.2. The van der Waals surface area contributed by atoms with E-state index in [9.17, 15) is 17.2 Å². The molecule has 1 aromatic carbocycles. The number of aromatic nitrogens is 1. The topological polar surface area (TPSA) is 81.4 Å². The number of rotatable bonds is 6. The zero-order valence-corrected chi connectivity index (χ0v) is 13.7. The lowest BCUT2D eigenvalue weighted by Gasteiger charge is -2.10. The van der Waals surface area contributed by atoms with E-state index in [0.29, 0.717) is 17.0 Å². The summed E-state index contributed by atoms with van der Waals surface area (Å²) in [4.78, 5) is -0.170. The summed E-state index contributed by atoms with van der Waals surface area (Å²) in [6.07, 6.45) is 0. The van der Waals surface area contributed by atoms with Crippen molar-refractivity contribution in [2.75, 3.05) is 0 Å². The summed E-state index contributed by atoms with van der Waals surface area (Å²) < 4.78 is 60.3. The smallest absolute Gasteiger partial charge is 0.387 e. The molecular weight excluding hydrogens is 354 g/mol. The first-order valence-corrected chi connectivity index (χ1v) is 8.22. The lowest BCUT2D eigenvalue weighted by Crippen LogP contribution is -2.23. The molecule has 1 aromatic heterocycles. The minimum absolute atomic E-state index is 0.0175. The van der Waals surface area contributed by atoms with E-state index in [4.69, 9.17) is 16.1 Å². The van der Waals surface area contributed by atoms with Crippen molar-refractivity contribution in [3.05, 3.63) is 40.2 Å². The van der Waals surface area contributed by atoms with Gasteiger partial charge in [-0.15, -0.1) is 0 Å². The zero-order valence-electron chi connectivity index (χ0n) is 12.1. The molecule has 23 heavy (non-hydrogen) atoms. The third-order valence-corrected chi connectivity index (χ3v) is 4.74. The fraction of sp³-hybridized carbons (Fsp3) is 0.308. The second-order valence-electron chi connectivity index (χ2n) is 4.60. The minimum Gasteiger partial charge on any atom is -0.433 e. The summed E-state index contributed by atoms with van der Waals surface area (Å²) in [6, 6.07) is 3.23. The van der Waals surface area contributed by atoms with Gasteiger partial charge in [0.1, 0.15) is 11.5 Å². The van der Waals surface area contributed by atoms with Crippen LogP contribution >= 0.6 is 11.6 Å². The van der Waals surface area contributed by atoms with Gasteiger partial charge in [-0.3, -0.25) is 0 Å². The van der Waals surface area contributed by atoms with E-state index in [2.05, 4.69) is 14.6 Å². The largest absolute Gasteiger partial charge is 0.433 e. The number of ether oxygens (including phenoxy) is 1. The average molecular weight is 367 g/mol. The van der Waals surface area contributed by atoms with Gasteiger partial charge in [-0.2, -0.15) is 8.78 Å². The molecule has 0 bridgehead atoms. The molecule has 1 heterocycles.